The Kier molecular flexibility index (Phi) is 4.43. The number of nitriles is 1. The Morgan fingerprint density at radius 3 is 2.43 bits per heavy atom. The van der Waals surface area contributed by atoms with Crippen LogP contribution in [0.15, 0.2) is 41.3 Å². The average Bonchev–Trinajstić information content (AvgIpc) is 2.44. The summed E-state index contributed by atoms with van der Waals surface area (Å²) in [5.41, 5.74) is 1.42. The predicted octanol–water partition coefficient (Wildman–Crippen LogP) is 3.97. The maximum atomic E-state index is 12.3. The third-order valence-electron chi connectivity index (χ3n) is 2.81. The van der Waals surface area contributed by atoms with Crippen molar-refractivity contribution in [1.29, 1.82) is 5.26 Å². The van der Waals surface area contributed by atoms with E-state index in [9.17, 15) is 8.42 Å². The van der Waals surface area contributed by atoms with Crippen LogP contribution in [0.4, 0.5) is 5.69 Å². The largest absolute Gasteiger partial charge is 0.279 e. The Balaban J connectivity index is 2.42. The van der Waals surface area contributed by atoms with Gasteiger partial charge in [-0.2, -0.15) is 5.26 Å². The first kappa shape index (κ1) is 15.6. The minimum absolute atomic E-state index is 0.00124. The minimum atomic E-state index is -3.80. The minimum Gasteiger partial charge on any atom is -0.279 e. The molecule has 0 saturated carbocycles. The predicted molar refractivity (Wildman–Crippen MR) is 83.2 cm³/mol. The third kappa shape index (κ3) is 3.48. The Hall–Kier alpha value is -1.74. The number of hydrogen-bond acceptors (Lipinski definition) is 3. The number of hydrogen-bond donors (Lipinski definition) is 1. The monoisotopic (exact) mass is 340 g/mol. The standard InChI is InChI=1S/C14H10Cl2N2O2S/c1-9-2-3-10(8-17)6-14(9)18-21(19,20)11-4-5-12(15)13(16)7-11/h2-7,18H,1H3. The normalized spacial score (nSPS) is 11.0. The molecule has 0 heterocycles. The van der Waals surface area contributed by atoms with Crippen molar-refractivity contribution in [3.05, 3.63) is 57.6 Å². The Labute approximate surface area is 133 Å². The van der Waals surface area contributed by atoms with Gasteiger partial charge in [0, 0.05) is 0 Å². The fraction of sp³-hybridized carbons (Fsp3) is 0.0714. The summed E-state index contributed by atoms with van der Waals surface area (Å²) in [5, 5.41) is 9.31. The van der Waals surface area contributed by atoms with Gasteiger partial charge in [-0.05, 0) is 42.8 Å². The average molecular weight is 341 g/mol. The van der Waals surface area contributed by atoms with E-state index in [1.165, 1.54) is 24.3 Å². The first-order valence-corrected chi connectivity index (χ1v) is 8.06. The summed E-state index contributed by atoms with van der Waals surface area (Å²) in [7, 11) is -3.80. The fourth-order valence-electron chi connectivity index (χ4n) is 1.65. The molecule has 2 aromatic rings. The summed E-state index contributed by atoms with van der Waals surface area (Å²) in [5.74, 6) is 0. The van der Waals surface area contributed by atoms with Gasteiger partial charge in [-0.3, -0.25) is 4.72 Å². The van der Waals surface area contributed by atoms with E-state index in [1.54, 1.807) is 19.1 Å². The molecule has 0 unspecified atom stereocenters. The van der Waals surface area contributed by atoms with Crippen LogP contribution in [0.25, 0.3) is 0 Å². The second kappa shape index (κ2) is 5.94. The number of aryl methyl sites for hydroxylation is 1. The zero-order valence-electron chi connectivity index (χ0n) is 10.9. The van der Waals surface area contributed by atoms with Gasteiger partial charge < -0.3 is 0 Å². The zero-order chi connectivity index (χ0) is 15.6. The Morgan fingerprint density at radius 1 is 1.10 bits per heavy atom. The molecule has 1 N–H and O–H groups in total. The van der Waals surface area contributed by atoms with Crippen molar-refractivity contribution in [1.82, 2.24) is 0 Å². The highest BCUT2D eigenvalue weighted by Crippen LogP contribution is 2.27. The molecule has 0 amide bonds. The lowest BCUT2D eigenvalue weighted by Gasteiger charge is -2.11. The van der Waals surface area contributed by atoms with Crippen LogP contribution in [0.3, 0.4) is 0 Å². The quantitative estimate of drug-likeness (QED) is 0.918. The van der Waals surface area contributed by atoms with Gasteiger partial charge in [0.25, 0.3) is 10.0 Å². The van der Waals surface area contributed by atoms with Crippen LogP contribution in [0, 0.1) is 18.3 Å². The SMILES string of the molecule is Cc1ccc(C#N)cc1NS(=O)(=O)c1ccc(Cl)c(Cl)c1. The summed E-state index contributed by atoms with van der Waals surface area (Å²) in [4.78, 5) is -0.00124. The van der Waals surface area contributed by atoms with Crippen molar-refractivity contribution in [3.63, 3.8) is 0 Å². The smallest absolute Gasteiger partial charge is 0.261 e. The summed E-state index contributed by atoms with van der Waals surface area (Å²) >= 11 is 11.6. The van der Waals surface area contributed by atoms with Crippen LogP contribution in [0.5, 0.6) is 0 Å². The van der Waals surface area contributed by atoms with Crippen molar-refractivity contribution in [3.8, 4) is 6.07 Å². The molecule has 108 valence electrons. The fourth-order valence-corrected chi connectivity index (χ4v) is 3.16. The highest BCUT2D eigenvalue weighted by molar-refractivity contribution is 7.92. The Bertz CT molecular complexity index is 843. The summed E-state index contributed by atoms with van der Waals surface area (Å²) in [6.07, 6.45) is 0. The molecule has 0 aliphatic heterocycles. The molecule has 0 saturated heterocycles. The van der Waals surface area contributed by atoms with Crippen molar-refractivity contribution >= 4 is 38.9 Å². The maximum absolute atomic E-state index is 12.3. The van der Waals surface area contributed by atoms with E-state index < -0.39 is 10.0 Å². The zero-order valence-corrected chi connectivity index (χ0v) is 13.2. The van der Waals surface area contributed by atoms with Gasteiger partial charge in [-0.1, -0.05) is 29.3 Å². The summed E-state index contributed by atoms with van der Waals surface area (Å²) in [6, 6.07) is 10.8. The van der Waals surface area contributed by atoms with Gasteiger partial charge in [0.15, 0.2) is 0 Å². The van der Waals surface area contributed by atoms with Gasteiger partial charge in [-0.25, -0.2) is 8.42 Å². The third-order valence-corrected chi connectivity index (χ3v) is 4.91. The first-order valence-electron chi connectivity index (χ1n) is 5.82. The molecule has 0 bridgehead atoms. The Morgan fingerprint density at radius 2 is 1.81 bits per heavy atom. The molecule has 7 heteroatoms. The molecule has 21 heavy (non-hydrogen) atoms. The van der Waals surface area contributed by atoms with Crippen LogP contribution in [-0.4, -0.2) is 8.42 Å². The van der Waals surface area contributed by atoms with E-state index in [0.29, 0.717) is 16.8 Å². The van der Waals surface area contributed by atoms with Gasteiger partial charge in [-0.15, -0.1) is 0 Å². The molecule has 0 aromatic heterocycles. The highest BCUT2D eigenvalue weighted by Gasteiger charge is 2.17. The van der Waals surface area contributed by atoms with Crippen molar-refractivity contribution in [2.24, 2.45) is 0 Å². The molecule has 2 aromatic carbocycles. The molecule has 0 radical (unpaired) electrons. The van der Waals surface area contributed by atoms with E-state index >= 15 is 0 Å². The van der Waals surface area contributed by atoms with E-state index in [0.717, 1.165) is 0 Å². The summed E-state index contributed by atoms with van der Waals surface area (Å²) in [6.45, 7) is 1.74. The summed E-state index contributed by atoms with van der Waals surface area (Å²) < 4.78 is 27.1. The lowest BCUT2D eigenvalue weighted by Crippen LogP contribution is -2.14. The number of rotatable bonds is 3. The second-order valence-electron chi connectivity index (χ2n) is 4.32. The van der Waals surface area contributed by atoms with E-state index in [1.807, 2.05) is 6.07 Å². The molecule has 0 spiro atoms. The van der Waals surface area contributed by atoms with E-state index in [4.69, 9.17) is 28.5 Å². The lowest BCUT2D eigenvalue weighted by atomic mass is 10.1. The molecular formula is C14H10Cl2N2O2S. The van der Waals surface area contributed by atoms with Crippen LogP contribution in [-0.2, 0) is 10.0 Å². The number of nitrogens with zero attached hydrogens (tertiary/aromatic N) is 1. The molecule has 4 nitrogen and oxygen atoms in total. The molecule has 0 fully saturated rings. The van der Waals surface area contributed by atoms with Crippen molar-refractivity contribution < 1.29 is 8.42 Å². The van der Waals surface area contributed by atoms with Crippen LogP contribution >= 0.6 is 23.2 Å². The van der Waals surface area contributed by atoms with Crippen molar-refractivity contribution in [2.75, 3.05) is 4.72 Å². The molecule has 0 aliphatic carbocycles. The van der Waals surface area contributed by atoms with E-state index in [-0.39, 0.29) is 14.9 Å². The first-order chi connectivity index (χ1) is 9.83. The second-order valence-corrected chi connectivity index (χ2v) is 6.82. The van der Waals surface area contributed by atoms with Crippen LogP contribution in [0.2, 0.25) is 10.0 Å². The lowest BCUT2D eigenvalue weighted by molar-refractivity contribution is 0.601. The maximum Gasteiger partial charge on any atom is 0.261 e. The molecule has 2 rings (SSSR count). The molecule has 0 aliphatic rings. The number of halogens is 2. The van der Waals surface area contributed by atoms with Gasteiger partial charge in [0.2, 0.25) is 0 Å². The van der Waals surface area contributed by atoms with Gasteiger partial charge in [0.1, 0.15) is 0 Å². The van der Waals surface area contributed by atoms with E-state index in [2.05, 4.69) is 4.72 Å². The number of sulfonamides is 1. The van der Waals surface area contributed by atoms with Gasteiger partial charge in [0.05, 0.1) is 32.3 Å². The van der Waals surface area contributed by atoms with Crippen molar-refractivity contribution in [2.45, 2.75) is 11.8 Å². The molecular weight excluding hydrogens is 331 g/mol. The highest BCUT2D eigenvalue weighted by atomic mass is 35.5. The number of anilines is 1. The number of nitrogens with one attached hydrogen (secondary N) is 1. The van der Waals surface area contributed by atoms with Crippen LogP contribution < -0.4 is 4.72 Å². The van der Waals surface area contributed by atoms with Gasteiger partial charge >= 0.3 is 0 Å². The number of benzene rings is 2. The topological polar surface area (TPSA) is 70.0 Å². The molecule has 0 atom stereocenters. The van der Waals surface area contributed by atoms with Crippen LogP contribution in [0.1, 0.15) is 11.1 Å².